The van der Waals surface area contributed by atoms with Gasteiger partial charge in [-0.05, 0) is 30.7 Å². The fraction of sp³-hybridized carbons (Fsp3) is 0.350. The number of halogens is 1. The third kappa shape index (κ3) is 4.99. The van der Waals surface area contributed by atoms with Gasteiger partial charge in [0.1, 0.15) is 5.69 Å². The lowest BCUT2D eigenvalue weighted by Gasteiger charge is -2.35. The van der Waals surface area contributed by atoms with Crippen LogP contribution in [0.4, 0.5) is 11.4 Å². The third-order valence-electron chi connectivity index (χ3n) is 4.91. The van der Waals surface area contributed by atoms with Crippen LogP contribution in [0.2, 0.25) is 5.02 Å². The first-order valence-corrected chi connectivity index (χ1v) is 9.57. The normalized spacial score (nSPS) is 15.9. The standard InChI is InChI=1S/C20H23ClN4O3/c1-15(16-6-8-17(21)9-7-16)22-20(26)14-23-10-12-24(13-11-23)18-4-2-3-5-19(18)25(27)28/h2-9,15H,10-14H2,1H3,(H,22,26). The predicted molar refractivity (Wildman–Crippen MR) is 110 cm³/mol. The van der Waals surface area contributed by atoms with Gasteiger partial charge in [-0.25, -0.2) is 0 Å². The summed E-state index contributed by atoms with van der Waals surface area (Å²) in [7, 11) is 0. The smallest absolute Gasteiger partial charge is 0.292 e. The Morgan fingerprint density at radius 2 is 1.79 bits per heavy atom. The van der Waals surface area contributed by atoms with E-state index >= 15 is 0 Å². The molecule has 0 aromatic heterocycles. The Bertz CT molecular complexity index is 836. The van der Waals surface area contributed by atoms with Gasteiger partial charge in [-0.2, -0.15) is 0 Å². The number of para-hydroxylation sites is 2. The van der Waals surface area contributed by atoms with Gasteiger partial charge < -0.3 is 10.2 Å². The number of nitrogens with one attached hydrogen (secondary N) is 1. The maximum atomic E-state index is 12.4. The van der Waals surface area contributed by atoms with E-state index in [0.29, 0.717) is 43.4 Å². The number of hydrogen-bond donors (Lipinski definition) is 1. The lowest BCUT2D eigenvalue weighted by atomic mass is 10.1. The summed E-state index contributed by atoms with van der Waals surface area (Å²) in [6, 6.07) is 14.1. The van der Waals surface area contributed by atoms with Gasteiger partial charge in [0.15, 0.2) is 0 Å². The molecule has 2 aromatic rings. The van der Waals surface area contributed by atoms with Crippen molar-refractivity contribution in [3.05, 3.63) is 69.2 Å². The molecule has 1 N–H and O–H groups in total. The summed E-state index contributed by atoms with van der Waals surface area (Å²) < 4.78 is 0. The Hall–Kier alpha value is -2.64. The summed E-state index contributed by atoms with van der Waals surface area (Å²) >= 11 is 5.90. The first kappa shape index (κ1) is 20.1. The summed E-state index contributed by atoms with van der Waals surface area (Å²) in [5.41, 5.74) is 1.75. The molecular formula is C20H23ClN4O3. The Kier molecular flexibility index (Phi) is 6.49. The number of anilines is 1. The third-order valence-corrected chi connectivity index (χ3v) is 5.16. The van der Waals surface area contributed by atoms with Crippen molar-refractivity contribution >= 4 is 28.9 Å². The number of nitro benzene ring substituents is 1. The van der Waals surface area contributed by atoms with E-state index in [2.05, 4.69) is 10.2 Å². The van der Waals surface area contributed by atoms with Gasteiger partial charge in [-0.3, -0.25) is 19.8 Å². The van der Waals surface area contributed by atoms with Crippen molar-refractivity contribution in [3.8, 4) is 0 Å². The fourth-order valence-corrected chi connectivity index (χ4v) is 3.48. The molecule has 1 aliphatic rings. The maximum Gasteiger partial charge on any atom is 0.292 e. The van der Waals surface area contributed by atoms with E-state index < -0.39 is 0 Å². The second-order valence-electron chi connectivity index (χ2n) is 6.85. The second-order valence-corrected chi connectivity index (χ2v) is 7.29. The van der Waals surface area contributed by atoms with Crippen molar-refractivity contribution in [2.24, 2.45) is 0 Å². The van der Waals surface area contributed by atoms with E-state index in [4.69, 9.17) is 11.6 Å². The SMILES string of the molecule is CC(NC(=O)CN1CCN(c2ccccc2[N+](=O)[O-])CC1)c1ccc(Cl)cc1. The number of nitrogens with zero attached hydrogens (tertiary/aromatic N) is 3. The molecule has 7 nitrogen and oxygen atoms in total. The van der Waals surface area contributed by atoms with Crippen molar-refractivity contribution in [2.75, 3.05) is 37.6 Å². The number of benzene rings is 2. The molecule has 0 saturated carbocycles. The highest BCUT2D eigenvalue weighted by molar-refractivity contribution is 6.30. The maximum absolute atomic E-state index is 12.4. The summed E-state index contributed by atoms with van der Waals surface area (Å²) in [5.74, 6) is -0.0402. The number of nitro groups is 1. The van der Waals surface area contributed by atoms with Crippen molar-refractivity contribution in [1.82, 2.24) is 10.2 Å². The molecule has 1 fully saturated rings. The highest BCUT2D eigenvalue weighted by Crippen LogP contribution is 2.28. The highest BCUT2D eigenvalue weighted by Gasteiger charge is 2.24. The van der Waals surface area contributed by atoms with Crippen molar-refractivity contribution in [1.29, 1.82) is 0 Å². The van der Waals surface area contributed by atoms with E-state index in [0.717, 1.165) is 5.56 Å². The van der Waals surface area contributed by atoms with E-state index in [1.165, 1.54) is 6.07 Å². The number of amides is 1. The van der Waals surface area contributed by atoms with Gasteiger partial charge in [0.25, 0.3) is 5.69 Å². The lowest BCUT2D eigenvalue weighted by Crippen LogP contribution is -2.49. The molecule has 1 unspecified atom stereocenters. The second kappa shape index (κ2) is 9.03. The largest absolute Gasteiger partial charge is 0.363 e. The minimum absolute atomic E-state index is 0.0402. The molecule has 8 heteroatoms. The Labute approximate surface area is 169 Å². The molecule has 0 bridgehead atoms. The molecule has 3 rings (SSSR count). The van der Waals surface area contributed by atoms with E-state index in [1.54, 1.807) is 18.2 Å². The van der Waals surface area contributed by atoms with Crippen molar-refractivity contribution in [2.45, 2.75) is 13.0 Å². The zero-order valence-electron chi connectivity index (χ0n) is 15.7. The van der Waals surface area contributed by atoms with Crippen molar-refractivity contribution in [3.63, 3.8) is 0 Å². The van der Waals surface area contributed by atoms with Gasteiger partial charge in [0.2, 0.25) is 5.91 Å². The molecule has 1 atom stereocenters. The molecule has 0 aliphatic carbocycles. The fourth-order valence-electron chi connectivity index (χ4n) is 3.36. The summed E-state index contributed by atoms with van der Waals surface area (Å²) in [6.07, 6.45) is 0. The van der Waals surface area contributed by atoms with Gasteiger partial charge in [-0.15, -0.1) is 0 Å². The molecule has 0 spiro atoms. The minimum Gasteiger partial charge on any atom is -0.363 e. The van der Waals surface area contributed by atoms with Crippen LogP contribution in [0.3, 0.4) is 0 Å². The number of carbonyl (C=O) groups is 1. The Morgan fingerprint density at radius 1 is 1.14 bits per heavy atom. The van der Waals surface area contributed by atoms with Crippen LogP contribution in [0.1, 0.15) is 18.5 Å². The van der Waals surface area contributed by atoms with Crippen LogP contribution in [0.5, 0.6) is 0 Å². The molecule has 1 heterocycles. The molecule has 28 heavy (non-hydrogen) atoms. The van der Waals surface area contributed by atoms with Crippen LogP contribution >= 0.6 is 11.6 Å². The topological polar surface area (TPSA) is 78.7 Å². The van der Waals surface area contributed by atoms with Crippen LogP contribution in [-0.2, 0) is 4.79 Å². The molecule has 148 valence electrons. The summed E-state index contributed by atoms with van der Waals surface area (Å²) in [6.45, 7) is 4.88. The quantitative estimate of drug-likeness (QED) is 0.592. The lowest BCUT2D eigenvalue weighted by molar-refractivity contribution is -0.384. The first-order valence-electron chi connectivity index (χ1n) is 9.19. The average Bonchev–Trinajstić information content (AvgIpc) is 2.69. The predicted octanol–water partition coefficient (Wildman–Crippen LogP) is 3.25. The van der Waals surface area contributed by atoms with Crippen LogP contribution in [0.15, 0.2) is 48.5 Å². The highest BCUT2D eigenvalue weighted by atomic mass is 35.5. The van der Waals surface area contributed by atoms with Crippen LogP contribution in [-0.4, -0.2) is 48.5 Å². The van der Waals surface area contributed by atoms with Crippen LogP contribution in [0, 0.1) is 10.1 Å². The molecule has 0 radical (unpaired) electrons. The van der Waals surface area contributed by atoms with Gasteiger partial charge in [0.05, 0.1) is 17.5 Å². The molecular weight excluding hydrogens is 380 g/mol. The van der Waals surface area contributed by atoms with E-state index in [9.17, 15) is 14.9 Å². The van der Waals surface area contributed by atoms with Gasteiger partial charge >= 0.3 is 0 Å². The van der Waals surface area contributed by atoms with E-state index in [-0.39, 0.29) is 22.6 Å². The monoisotopic (exact) mass is 402 g/mol. The molecule has 1 aliphatic heterocycles. The van der Waals surface area contributed by atoms with Crippen LogP contribution in [0.25, 0.3) is 0 Å². The number of hydrogen-bond acceptors (Lipinski definition) is 5. The van der Waals surface area contributed by atoms with Crippen LogP contribution < -0.4 is 10.2 Å². The van der Waals surface area contributed by atoms with Crippen molar-refractivity contribution < 1.29 is 9.72 Å². The number of rotatable bonds is 6. The summed E-state index contributed by atoms with van der Waals surface area (Å²) in [4.78, 5) is 27.3. The zero-order valence-corrected chi connectivity index (χ0v) is 16.4. The summed E-state index contributed by atoms with van der Waals surface area (Å²) in [5, 5.41) is 14.9. The molecule has 2 aromatic carbocycles. The minimum atomic E-state index is -0.354. The Balaban J connectivity index is 1.51. The first-order chi connectivity index (χ1) is 13.4. The molecule has 1 amide bonds. The number of piperazine rings is 1. The molecule has 1 saturated heterocycles. The number of carbonyl (C=O) groups excluding carboxylic acids is 1. The van der Waals surface area contributed by atoms with Gasteiger partial charge in [0, 0.05) is 37.3 Å². The zero-order chi connectivity index (χ0) is 20.1. The van der Waals surface area contributed by atoms with Gasteiger partial charge in [-0.1, -0.05) is 35.9 Å². The average molecular weight is 403 g/mol. The van der Waals surface area contributed by atoms with E-state index in [1.807, 2.05) is 36.1 Å². The Morgan fingerprint density at radius 3 is 2.43 bits per heavy atom.